The minimum atomic E-state index is -4.47. The lowest BCUT2D eigenvalue weighted by atomic mass is 10.1. The number of nitrogens with zero attached hydrogens (tertiary/aromatic N) is 2. The third kappa shape index (κ3) is 7.56. The molecule has 3 aromatic rings. The summed E-state index contributed by atoms with van der Waals surface area (Å²) in [6, 6.07) is 12.4. The minimum Gasteiger partial charge on any atom is -0.497 e. The standard InChI is InChI=1S/C29H33Cl2N3O8S/c1-18(29(36)32-2)33(16-19-7-8-20(30)13-23(19)31)28(35)17-34(24-14-21(39-3)9-11-25(24)40-4)43(37,38)22-10-12-26(41-5)27(15-22)42-6/h7-15,18H,16-17H2,1-6H3,(H,32,36). The van der Waals surface area contributed by atoms with Gasteiger partial charge in [-0.3, -0.25) is 13.9 Å². The van der Waals surface area contributed by atoms with Crippen molar-refractivity contribution in [3.63, 3.8) is 0 Å². The molecule has 3 rings (SSSR count). The van der Waals surface area contributed by atoms with E-state index < -0.39 is 34.4 Å². The van der Waals surface area contributed by atoms with Crippen LogP contribution in [0.3, 0.4) is 0 Å². The summed E-state index contributed by atoms with van der Waals surface area (Å²) in [6.45, 7) is 0.704. The molecule has 0 aromatic heterocycles. The van der Waals surface area contributed by atoms with Crippen LogP contribution in [0.4, 0.5) is 5.69 Å². The number of benzene rings is 3. The first-order chi connectivity index (χ1) is 20.4. The van der Waals surface area contributed by atoms with E-state index in [1.165, 1.54) is 83.7 Å². The van der Waals surface area contributed by atoms with Gasteiger partial charge in [0.25, 0.3) is 10.0 Å². The fourth-order valence-corrected chi connectivity index (χ4v) is 6.13. The number of amides is 2. The largest absolute Gasteiger partial charge is 0.497 e. The Morgan fingerprint density at radius 3 is 2.09 bits per heavy atom. The number of ether oxygens (including phenoxy) is 4. The number of sulfonamides is 1. The zero-order chi connectivity index (χ0) is 31.9. The summed E-state index contributed by atoms with van der Waals surface area (Å²) in [5.41, 5.74) is 0.533. The van der Waals surface area contributed by atoms with Gasteiger partial charge >= 0.3 is 0 Å². The van der Waals surface area contributed by atoms with Crippen molar-refractivity contribution in [2.24, 2.45) is 0 Å². The highest BCUT2D eigenvalue weighted by Crippen LogP contribution is 2.38. The molecule has 0 aliphatic carbocycles. The van der Waals surface area contributed by atoms with E-state index in [9.17, 15) is 18.0 Å². The van der Waals surface area contributed by atoms with Crippen molar-refractivity contribution < 1.29 is 37.0 Å². The van der Waals surface area contributed by atoms with Crippen LogP contribution in [0.15, 0.2) is 59.5 Å². The molecule has 1 N–H and O–H groups in total. The van der Waals surface area contributed by atoms with Crippen molar-refractivity contribution in [3.05, 3.63) is 70.2 Å². The first-order valence-electron chi connectivity index (χ1n) is 12.8. The highest BCUT2D eigenvalue weighted by atomic mass is 35.5. The maximum absolute atomic E-state index is 14.3. The molecule has 0 heterocycles. The van der Waals surface area contributed by atoms with Crippen LogP contribution in [-0.4, -0.2) is 73.2 Å². The number of halogens is 2. The van der Waals surface area contributed by atoms with E-state index in [4.69, 9.17) is 42.1 Å². The molecule has 0 aliphatic heterocycles. The van der Waals surface area contributed by atoms with E-state index in [0.29, 0.717) is 22.1 Å². The third-order valence-electron chi connectivity index (χ3n) is 6.65. The van der Waals surface area contributed by atoms with E-state index in [2.05, 4.69) is 5.32 Å². The van der Waals surface area contributed by atoms with Crippen LogP contribution >= 0.6 is 23.2 Å². The first-order valence-corrected chi connectivity index (χ1v) is 15.0. The second kappa shape index (κ2) is 14.5. The van der Waals surface area contributed by atoms with Crippen LogP contribution in [0.5, 0.6) is 23.0 Å². The maximum Gasteiger partial charge on any atom is 0.265 e. The average Bonchev–Trinajstić information content (AvgIpc) is 3.01. The molecule has 11 nitrogen and oxygen atoms in total. The van der Waals surface area contributed by atoms with Gasteiger partial charge in [0, 0.05) is 35.8 Å². The van der Waals surface area contributed by atoms with Crippen molar-refractivity contribution in [1.29, 1.82) is 0 Å². The molecule has 3 aromatic carbocycles. The molecule has 1 atom stereocenters. The number of hydrogen-bond acceptors (Lipinski definition) is 8. The molecule has 14 heteroatoms. The monoisotopic (exact) mass is 653 g/mol. The Labute approximate surface area is 261 Å². The van der Waals surface area contributed by atoms with Crippen LogP contribution < -0.4 is 28.6 Å². The summed E-state index contributed by atoms with van der Waals surface area (Å²) in [7, 11) is 2.57. The molecule has 43 heavy (non-hydrogen) atoms. The topological polar surface area (TPSA) is 124 Å². The fraction of sp³-hybridized carbons (Fsp3) is 0.310. The molecule has 0 radical (unpaired) electrons. The molecular weight excluding hydrogens is 621 g/mol. The highest BCUT2D eigenvalue weighted by Gasteiger charge is 2.34. The third-order valence-corrected chi connectivity index (χ3v) is 8.99. The van der Waals surface area contributed by atoms with Crippen molar-refractivity contribution in [1.82, 2.24) is 10.2 Å². The second-order valence-corrected chi connectivity index (χ2v) is 11.8. The predicted octanol–water partition coefficient (Wildman–Crippen LogP) is 4.39. The smallest absolute Gasteiger partial charge is 0.265 e. The second-order valence-electron chi connectivity index (χ2n) is 9.11. The summed E-state index contributed by atoms with van der Waals surface area (Å²) in [4.78, 5) is 27.9. The average molecular weight is 655 g/mol. The molecule has 1 unspecified atom stereocenters. The van der Waals surface area contributed by atoms with E-state index in [1.54, 1.807) is 18.2 Å². The number of carbonyl (C=O) groups is 2. The molecule has 0 bridgehead atoms. The Kier molecular flexibility index (Phi) is 11.4. The van der Waals surface area contributed by atoms with E-state index >= 15 is 0 Å². The number of methoxy groups -OCH3 is 4. The van der Waals surface area contributed by atoms with Crippen molar-refractivity contribution in [2.45, 2.75) is 24.4 Å². The van der Waals surface area contributed by atoms with Gasteiger partial charge in [0.2, 0.25) is 11.8 Å². The lowest BCUT2D eigenvalue weighted by Crippen LogP contribution is -2.50. The minimum absolute atomic E-state index is 0.0297. The number of hydrogen-bond donors (Lipinski definition) is 1. The zero-order valence-corrected chi connectivity index (χ0v) is 26.8. The summed E-state index contributed by atoms with van der Waals surface area (Å²) in [6.07, 6.45) is 0. The summed E-state index contributed by atoms with van der Waals surface area (Å²) in [5.74, 6) is -0.209. The number of nitrogens with one attached hydrogen (secondary N) is 1. The van der Waals surface area contributed by atoms with E-state index in [1.807, 2.05) is 0 Å². The number of carbonyl (C=O) groups excluding carboxylic acids is 2. The molecular formula is C29H33Cl2N3O8S. The Morgan fingerprint density at radius 2 is 1.51 bits per heavy atom. The quantitative estimate of drug-likeness (QED) is 0.288. The van der Waals surface area contributed by atoms with Gasteiger partial charge in [-0.15, -0.1) is 0 Å². The molecule has 0 fully saturated rings. The lowest BCUT2D eigenvalue weighted by molar-refractivity contribution is -0.139. The van der Waals surface area contributed by atoms with Crippen LogP contribution in [0.1, 0.15) is 12.5 Å². The SMILES string of the molecule is CNC(=O)C(C)N(Cc1ccc(Cl)cc1Cl)C(=O)CN(c1cc(OC)ccc1OC)S(=O)(=O)c1ccc(OC)c(OC)c1. The molecule has 0 spiro atoms. The van der Waals surface area contributed by atoms with Crippen LogP contribution in [0, 0.1) is 0 Å². The van der Waals surface area contributed by atoms with E-state index in [-0.39, 0.29) is 33.6 Å². The molecule has 0 saturated heterocycles. The lowest BCUT2D eigenvalue weighted by Gasteiger charge is -2.32. The Hall–Kier alpha value is -3.87. The Morgan fingerprint density at radius 1 is 0.860 bits per heavy atom. The van der Waals surface area contributed by atoms with Gasteiger partial charge in [0.05, 0.1) is 39.0 Å². The van der Waals surface area contributed by atoms with Gasteiger partial charge < -0.3 is 29.2 Å². The number of anilines is 1. The molecule has 0 aliphatic rings. The molecule has 0 saturated carbocycles. The Bertz CT molecular complexity index is 1590. The maximum atomic E-state index is 14.3. The molecule has 232 valence electrons. The van der Waals surface area contributed by atoms with Crippen molar-refractivity contribution in [2.75, 3.05) is 46.3 Å². The van der Waals surface area contributed by atoms with Gasteiger partial charge in [-0.2, -0.15) is 0 Å². The fourth-order valence-electron chi connectivity index (χ4n) is 4.23. The van der Waals surface area contributed by atoms with E-state index in [0.717, 1.165) is 4.31 Å². The summed E-state index contributed by atoms with van der Waals surface area (Å²) < 4.78 is 50.9. The highest BCUT2D eigenvalue weighted by molar-refractivity contribution is 7.92. The van der Waals surface area contributed by atoms with Gasteiger partial charge in [-0.25, -0.2) is 8.42 Å². The number of rotatable bonds is 13. The van der Waals surface area contributed by atoms with Crippen molar-refractivity contribution >= 4 is 50.7 Å². The van der Waals surface area contributed by atoms with Gasteiger partial charge in [-0.1, -0.05) is 29.3 Å². The van der Waals surface area contributed by atoms with Gasteiger partial charge in [0.1, 0.15) is 24.1 Å². The summed E-state index contributed by atoms with van der Waals surface area (Å²) in [5, 5.41) is 3.19. The molecule has 2 amide bonds. The number of likely N-dealkylation sites (N-methyl/N-ethyl adjacent to an activating group) is 1. The van der Waals surface area contributed by atoms with Gasteiger partial charge in [0.15, 0.2) is 11.5 Å². The van der Waals surface area contributed by atoms with Crippen LogP contribution in [0.25, 0.3) is 0 Å². The Balaban J connectivity index is 2.19. The van der Waals surface area contributed by atoms with Gasteiger partial charge in [-0.05, 0) is 48.9 Å². The first kappa shape index (κ1) is 33.6. The normalized spacial score (nSPS) is 11.7. The predicted molar refractivity (Wildman–Crippen MR) is 164 cm³/mol. The van der Waals surface area contributed by atoms with Crippen molar-refractivity contribution in [3.8, 4) is 23.0 Å². The van der Waals surface area contributed by atoms with Crippen LogP contribution in [0.2, 0.25) is 10.0 Å². The zero-order valence-electron chi connectivity index (χ0n) is 24.5. The van der Waals surface area contributed by atoms with Crippen LogP contribution in [-0.2, 0) is 26.2 Å². The summed E-state index contributed by atoms with van der Waals surface area (Å²) >= 11 is 12.4.